The van der Waals surface area contributed by atoms with Crippen molar-refractivity contribution in [3.8, 4) is 5.69 Å². The van der Waals surface area contributed by atoms with Gasteiger partial charge < -0.3 is 10.1 Å². The van der Waals surface area contributed by atoms with Crippen LogP contribution in [0.1, 0.15) is 38.0 Å². The van der Waals surface area contributed by atoms with Crippen molar-refractivity contribution in [1.29, 1.82) is 0 Å². The second-order valence-electron chi connectivity index (χ2n) is 6.66. The van der Waals surface area contributed by atoms with Gasteiger partial charge in [-0.05, 0) is 31.2 Å². The molecule has 0 saturated carbocycles. The molecule has 0 spiro atoms. The Kier molecular flexibility index (Phi) is 5.31. The first-order chi connectivity index (χ1) is 15.0. The number of ether oxygens (including phenoxy) is 1. The van der Waals surface area contributed by atoms with Gasteiger partial charge in [-0.3, -0.25) is 19.3 Å². The molecule has 156 valence electrons. The SMILES string of the molecule is CCOC(=O)c1cnn(-c2ccccc2)c1NC(=O)CN1C(=O)c2ccccc2C1=O. The molecule has 2 aromatic carbocycles. The average molecular weight is 418 g/mol. The number of fused-ring (bicyclic) bond motifs is 1. The van der Waals surface area contributed by atoms with Crippen LogP contribution in [0.4, 0.5) is 5.82 Å². The molecule has 0 fully saturated rings. The van der Waals surface area contributed by atoms with Crippen LogP contribution in [0, 0.1) is 0 Å². The maximum Gasteiger partial charge on any atom is 0.343 e. The van der Waals surface area contributed by atoms with Gasteiger partial charge in [0.2, 0.25) is 5.91 Å². The number of imide groups is 1. The van der Waals surface area contributed by atoms with Crippen LogP contribution in [0.25, 0.3) is 5.69 Å². The van der Waals surface area contributed by atoms with E-state index in [1.807, 2.05) is 6.07 Å². The molecule has 2 heterocycles. The van der Waals surface area contributed by atoms with Crippen molar-refractivity contribution in [3.05, 3.63) is 77.5 Å². The van der Waals surface area contributed by atoms with Crippen LogP contribution in [-0.4, -0.2) is 51.5 Å². The molecule has 3 amide bonds. The lowest BCUT2D eigenvalue weighted by atomic mass is 10.1. The Morgan fingerprint density at radius 1 is 0.968 bits per heavy atom. The number of hydrogen-bond donors (Lipinski definition) is 1. The molecular formula is C22H18N4O5. The smallest absolute Gasteiger partial charge is 0.343 e. The molecule has 1 N–H and O–H groups in total. The topological polar surface area (TPSA) is 111 Å². The lowest BCUT2D eigenvalue weighted by molar-refractivity contribution is -0.116. The molecule has 0 bridgehead atoms. The third-order valence-corrected chi connectivity index (χ3v) is 4.70. The molecule has 0 radical (unpaired) electrons. The van der Waals surface area contributed by atoms with Gasteiger partial charge in [-0.1, -0.05) is 30.3 Å². The maximum absolute atomic E-state index is 12.8. The van der Waals surface area contributed by atoms with E-state index in [2.05, 4.69) is 10.4 Å². The summed E-state index contributed by atoms with van der Waals surface area (Å²) in [7, 11) is 0. The largest absolute Gasteiger partial charge is 0.462 e. The van der Waals surface area contributed by atoms with Crippen LogP contribution in [0.15, 0.2) is 60.8 Å². The molecule has 0 aliphatic carbocycles. The fraction of sp³-hybridized carbons (Fsp3) is 0.136. The molecule has 0 saturated heterocycles. The number of nitrogens with one attached hydrogen (secondary N) is 1. The third kappa shape index (κ3) is 3.68. The number of aromatic nitrogens is 2. The van der Waals surface area contributed by atoms with Gasteiger partial charge in [-0.15, -0.1) is 0 Å². The fourth-order valence-electron chi connectivity index (χ4n) is 3.29. The van der Waals surface area contributed by atoms with Crippen LogP contribution in [-0.2, 0) is 9.53 Å². The molecule has 1 aliphatic heterocycles. The number of carbonyl (C=O) groups excluding carboxylic acids is 4. The highest BCUT2D eigenvalue weighted by atomic mass is 16.5. The number of carbonyl (C=O) groups is 4. The second-order valence-corrected chi connectivity index (χ2v) is 6.66. The van der Waals surface area contributed by atoms with Crippen molar-refractivity contribution in [1.82, 2.24) is 14.7 Å². The van der Waals surface area contributed by atoms with Gasteiger partial charge in [0.25, 0.3) is 11.8 Å². The molecule has 1 aliphatic rings. The van der Waals surface area contributed by atoms with Crippen molar-refractivity contribution in [2.75, 3.05) is 18.5 Å². The first-order valence-corrected chi connectivity index (χ1v) is 9.57. The standard InChI is InChI=1S/C22H18N4O5/c1-2-31-22(30)17-12-23-26(14-8-4-3-5-9-14)19(17)24-18(27)13-25-20(28)15-10-6-7-11-16(15)21(25)29/h3-12H,2,13H2,1H3,(H,24,27). The van der Waals surface area contributed by atoms with E-state index >= 15 is 0 Å². The Morgan fingerprint density at radius 2 is 1.58 bits per heavy atom. The molecule has 4 rings (SSSR count). The predicted molar refractivity (Wildman–Crippen MR) is 110 cm³/mol. The maximum atomic E-state index is 12.8. The summed E-state index contributed by atoms with van der Waals surface area (Å²) in [5.41, 5.74) is 1.17. The highest BCUT2D eigenvalue weighted by molar-refractivity contribution is 6.22. The summed E-state index contributed by atoms with van der Waals surface area (Å²) in [5.74, 6) is -2.31. The molecule has 9 heteroatoms. The van der Waals surface area contributed by atoms with Crippen molar-refractivity contribution in [3.63, 3.8) is 0 Å². The van der Waals surface area contributed by atoms with E-state index in [-0.39, 0.29) is 29.1 Å². The number of para-hydroxylation sites is 1. The average Bonchev–Trinajstić information content (AvgIpc) is 3.30. The van der Waals surface area contributed by atoms with Gasteiger partial charge in [0.1, 0.15) is 12.1 Å². The summed E-state index contributed by atoms with van der Waals surface area (Å²) in [6, 6.07) is 15.3. The zero-order chi connectivity index (χ0) is 22.0. The van der Waals surface area contributed by atoms with E-state index < -0.39 is 30.2 Å². The van der Waals surface area contributed by atoms with Crippen molar-refractivity contribution < 1.29 is 23.9 Å². The quantitative estimate of drug-likeness (QED) is 0.486. The summed E-state index contributed by atoms with van der Waals surface area (Å²) < 4.78 is 6.43. The van der Waals surface area contributed by atoms with Gasteiger partial charge in [-0.25, -0.2) is 9.48 Å². The third-order valence-electron chi connectivity index (χ3n) is 4.70. The minimum absolute atomic E-state index is 0.0569. The molecular weight excluding hydrogens is 400 g/mol. The number of nitrogens with zero attached hydrogens (tertiary/aromatic N) is 3. The minimum atomic E-state index is -0.655. The van der Waals surface area contributed by atoms with Gasteiger partial charge in [0, 0.05) is 0 Å². The minimum Gasteiger partial charge on any atom is -0.462 e. The van der Waals surface area contributed by atoms with Gasteiger partial charge >= 0.3 is 5.97 Å². The molecule has 3 aromatic rings. The van der Waals surface area contributed by atoms with Crippen LogP contribution in [0.5, 0.6) is 0 Å². The van der Waals surface area contributed by atoms with Gasteiger partial charge in [0.15, 0.2) is 5.82 Å². The van der Waals surface area contributed by atoms with E-state index in [1.165, 1.54) is 23.0 Å². The van der Waals surface area contributed by atoms with Crippen molar-refractivity contribution in [2.24, 2.45) is 0 Å². The Balaban J connectivity index is 1.61. The summed E-state index contributed by atoms with van der Waals surface area (Å²) in [6.45, 7) is 1.31. The number of anilines is 1. The van der Waals surface area contributed by atoms with Gasteiger partial charge in [-0.2, -0.15) is 5.10 Å². The fourth-order valence-corrected chi connectivity index (χ4v) is 3.29. The van der Waals surface area contributed by atoms with Crippen molar-refractivity contribution >= 4 is 29.5 Å². The van der Waals surface area contributed by atoms with E-state index in [0.29, 0.717) is 5.69 Å². The summed E-state index contributed by atoms with van der Waals surface area (Å²) in [6.07, 6.45) is 1.29. The predicted octanol–water partition coefficient (Wildman–Crippen LogP) is 2.28. The molecule has 9 nitrogen and oxygen atoms in total. The number of rotatable bonds is 6. The van der Waals surface area contributed by atoms with Crippen LogP contribution in [0.2, 0.25) is 0 Å². The monoisotopic (exact) mass is 418 g/mol. The zero-order valence-corrected chi connectivity index (χ0v) is 16.6. The number of esters is 1. The zero-order valence-electron chi connectivity index (χ0n) is 16.6. The molecule has 0 atom stereocenters. The van der Waals surface area contributed by atoms with Crippen LogP contribution >= 0.6 is 0 Å². The van der Waals surface area contributed by atoms with Crippen LogP contribution < -0.4 is 5.32 Å². The van der Waals surface area contributed by atoms with Crippen LogP contribution in [0.3, 0.4) is 0 Å². The summed E-state index contributed by atoms with van der Waals surface area (Å²) >= 11 is 0. The van der Waals surface area contributed by atoms with Crippen molar-refractivity contribution in [2.45, 2.75) is 6.92 Å². The Hall–Kier alpha value is -4.27. The normalized spacial score (nSPS) is 12.6. The lowest BCUT2D eigenvalue weighted by Crippen LogP contribution is -2.37. The number of hydrogen-bond acceptors (Lipinski definition) is 6. The Morgan fingerprint density at radius 3 is 2.19 bits per heavy atom. The summed E-state index contributed by atoms with van der Waals surface area (Å²) in [4.78, 5) is 51.0. The Bertz CT molecular complexity index is 1150. The lowest BCUT2D eigenvalue weighted by Gasteiger charge is -2.15. The molecule has 31 heavy (non-hydrogen) atoms. The highest BCUT2D eigenvalue weighted by Gasteiger charge is 2.36. The molecule has 1 aromatic heterocycles. The van der Waals surface area contributed by atoms with E-state index in [4.69, 9.17) is 4.74 Å². The van der Waals surface area contributed by atoms with E-state index in [0.717, 1.165) is 4.90 Å². The molecule has 0 unspecified atom stereocenters. The first-order valence-electron chi connectivity index (χ1n) is 9.57. The summed E-state index contributed by atoms with van der Waals surface area (Å²) in [5, 5.41) is 6.80. The van der Waals surface area contributed by atoms with E-state index in [1.54, 1.807) is 43.3 Å². The first kappa shape index (κ1) is 20.0. The van der Waals surface area contributed by atoms with Gasteiger partial charge in [0.05, 0.1) is 29.6 Å². The number of amides is 3. The Labute approximate surface area is 177 Å². The number of benzene rings is 2. The second kappa shape index (κ2) is 8.23. The highest BCUT2D eigenvalue weighted by Crippen LogP contribution is 2.24. The van der Waals surface area contributed by atoms with E-state index in [9.17, 15) is 19.2 Å².